The fourth-order valence-corrected chi connectivity index (χ4v) is 0.999. The van der Waals surface area contributed by atoms with Crippen LogP contribution in [-0.4, -0.2) is 37.1 Å². The predicted octanol–water partition coefficient (Wildman–Crippen LogP) is -1.50. The molecule has 0 saturated heterocycles. The van der Waals surface area contributed by atoms with Crippen molar-refractivity contribution in [2.75, 3.05) is 7.05 Å². The van der Waals surface area contributed by atoms with E-state index in [9.17, 15) is 4.79 Å². The molecule has 1 atom stereocenters. The topological polar surface area (TPSA) is 78.2 Å². The molecule has 12 heavy (non-hydrogen) atoms. The van der Waals surface area contributed by atoms with Gasteiger partial charge in [-0.2, -0.15) is 0 Å². The lowest BCUT2D eigenvalue weighted by molar-refractivity contribution is -0.115. The van der Waals surface area contributed by atoms with Crippen LogP contribution in [0.25, 0.3) is 0 Å². The molecule has 2 aliphatic rings. The van der Waals surface area contributed by atoms with Gasteiger partial charge in [0.25, 0.3) is 5.91 Å². The van der Waals surface area contributed by atoms with Gasteiger partial charge in [0.1, 0.15) is 6.34 Å². The van der Waals surface area contributed by atoms with Gasteiger partial charge in [0.2, 0.25) is 0 Å². The Balaban J connectivity index is 2.35. The van der Waals surface area contributed by atoms with Crippen LogP contribution in [0.15, 0.2) is 15.0 Å². The number of hydrogen-bond donors (Lipinski definition) is 2. The average molecular weight is 165 g/mol. The number of carbonyl (C=O) groups excluding carboxylic acids is 1. The molecule has 0 radical (unpaired) electrons. The zero-order chi connectivity index (χ0) is 8.55. The summed E-state index contributed by atoms with van der Waals surface area (Å²) in [5.41, 5.74) is 0.293. The van der Waals surface area contributed by atoms with Crippen molar-refractivity contribution in [3.05, 3.63) is 0 Å². The molecule has 6 nitrogen and oxygen atoms in total. The molecule has 0 aromatic rings. The third-order valence-electron chi connectivity index (χ3n) is 1.59. The van der Waals surface area contributed by atoms with Crippen LogP contribution >= 0.6 is 0 Å². The minimum Gasteiger partial charge on any atom is -0.316 e. The quantitative estimate of drug-likeness (QED) is 0.496. The number of hydrogen-bond acceptors (Lipinski definition) is 5. The summed E-state index contributed by atoms with van der Waals surface area (Å²) in [6, 6.07) is 0. The molecule has 0 aliphatic carbocycles. The number of nitrogens with zero attached hydrogens (tertiary/aromatic N) is 3. The molecular weight excluding hydrogens is 158 g/mol. The number of nitrogens with one attached hydrogen (secondary N) is 2. The third-order valence-corrected chi connectivity index (χ3v) is 1.59. The Hall–Kier alpha value is -1.56. The van der Waals surface area contributed by atoms with E-state index in [1.165, 1.54) is 6.34 Å². The van der Waals surface area contributed by atoms with Gasteiger partial charge in [-0.15, -0.1) is 0 Å². The largest absolute Gasteiger partial charge is 0.316 e. The van der Waals surface area contributed by atoms with Gasteiger partial charge < -0.3 is 5.32 Å². The number of aliphatic imine (C=N–C) groups is 3. The van der Waals surface area contributed by atoms with E-state index >= 15 is 0 Å². The molecule has 1 unspecified atom stereocenters. The molecular formula is C6H7N5O. The van der Waals surface area contributed by atoms with Gasteiger partial charge in [-0.3, -0.25) is 10.1 Å². The van der Waals surface area contributed by atoms with Gasteiger partial charge in [-0.05, 0) is 7.05 Å². The van der Waals surface area contributed by atoms with Crippen LogP contribution in [-0.2, 0) is 4.79 Å². The molecule has 0 bridgehead atoms. The van der Waals surface area contributed by atoms with Crippen molar-refractivity contribution in [1.82, 2.24) is 10.6 Å². The lowest BCUT2D eigenvalue weighted by Gasteiger charge is -2.18. The summed E-state index contributed by atoms with van der Waals surface area (Å²) >= 11 is 0. The van der Waals surface area contributed by atoms with Crippen LogP contribution in [0.1, 0.15) is 0 Å². The molecule has 0 saturated carbocycles. The Labute approximate surface area is 68.5 Å². The van der Waals surface area contributed by atoms with Crippen molar-refractivity contribution in [2.45, 2.75) is 6.29 Å². The van der Waals surface area contributed by atoms with E-state index in [4.69, 9.17) is 0 Å². The Kier molecular flexibility index (Phi) is 1.47. The van der Waals surface area contributed by atoms with Crippen molar-refractivity contribution in [3.8, 4) is 0 Å². The second kappa shape index (κ2) is 2.49. The maximum absolute atomic E-state index is 11.2. The average Bonchev–Trinajstić information content (AvgIpc) is 2.52. The maximum Gasteiger partial charge on any atom is 0.276 e. The van der Waals surface area contributed by atoms with E-state index in [2.05, 4.69) is 25.6 Å². The monoisotopic (exact) mass is 165 g/mol. The fourth-order valence-electron chi connectivity index (χ4n) is 0.999. The van der Waals surface area contributed by atoms with Gasteiger partial charge in [0.05, 0.1) is 0 Å². The highest BCUT2D eigenvalue weighted by molar-refractivity contribution is 6.69. The zero-order valence-electron chi connectivity index (χ0n) is 6.40. The summed E-state index contributed by atoms with van der Waals surface area (Å²) < 4.78 is 0. The molecule has 2 rings (SSSR count). The molecule has 0 aromatic carbocycles. The molecule has 2 heterocycles. The molecule has 0 aromatic heterocycles. The summed E-state index contributed by atoms with van der Waals surface area (Å²) in [4.78, 5) is 22.8. The first-order chi connectivity index (χ1) is 5.81. The zero-order valence-corrected chi connectivity index (χ0v) is 6.40. The van der Waals surface area contributed by atoms with Crippen molar-refractivity contribution in [3.63, 3.8) is 0 Å². The summed E-state index contributed by atoms with van der Waals surface area (Å²) in [6.07, 6.45) is 0.938. The van der Waals surface area contributed by atoms with Crippen molar-refractivity contribution >= 4 is 23.8 Å². The van der Waals surface area contributed by atoms with Gasteiger partial charge in [-0.25, -0.2) is 15.0 Å². The highest BCUT2D eigenvalue weighted by Gasteiger charge is 2.27. The Morgan fingerprint density at radius 3 is 3.25 bits per heavy atom. The minimum atomic E-state index is -0.387. The first-order valence-corrected chi connectivity index (χ1v) is 3.48. The number of rotatable bonds is 1. The normalized spacial score (nSPS) is 26.1. The molecule has 62 valence electrons. The number of fused-ring (bicyclic) bond motifs is 1. The summed E-state index contributed by atoms with van der Waals surface area (Å²) in [5, 5.41) is 5.39. The van der Waals surface area contributed by atoms with Crippen LogP contribution in [0.3, 0.4) is 0 Å². The van der Waals surface area contributed by atoms with E-state index in [1.807, 2.05) is 0 Å². The predicted molar refractivity (Wildman–Crippen MR) is 44.4 cm³/mol. The number of carbonyl (C=O) groups is 1. The summed E-state index contributed by atoms with van der Waals surface area (Å²) in [6.45, 7) is 0. The van der Waals surface area contributed by atoms with E-state index < -0.39 is 0 Å². The first-order valence-electron chi connectivity index (χ1n) is 3.48. The van der Waals surface area contributed by atoms with E-state index in [0.29, 0.717) is 11.5 Å². The first kappa shape index (κ1) is 7.11. The maximum atomic E-state index is 11.2. The highest BCUT2D eigenvalue weighted by Crippen LogP contribution is 2.02. The fraction of sp³-hybridized carbons (Fsp3) is 0.333. The van der Waals surface area contributed by atoms with Crippen molar-refractivity contribution in [1.29, 1.82) is 0 Å². The van der Waals surface area contributed by atoms with Crippen LogP contribution < -0.4 is 10.6 Å². The standard InChI is InChI=1S/C6H7N5O/c1-7-6-10-4-3(5(12)11-6)8-2-9-4/h2,6-7H,1H3,(H,11,12). The molecule has 2 N–H and O–H groups in total. The van der Waals surface area contributed by atoms with Gasteiger partial charge >= 0.3 is 0 Å². The van der Waals surface area contributed by atoms with Crippen molar-refractivity contribution < 1.29 is 4.79 Å². The lowest BCUT2D eigenvalue weighted by atomic mass is 10.3. The second-order valence-electron chi connectivity index (χ2n) is 2.34. The highest BCUT2D eigenvalue weighted by atomic mass is 16.2. The molecule has 2 aliphatic heterocycles. The van der Waals surface area contributed by atoms with Crippen LogP contribution in [0.5, 0.6) is 0 Å². The van der Waals surface area contributed by atoms with Gasteiger partial charge in [0.15, 0.2) is 17.8 Å². The van der Waals surface area contributed by atoms with Gasteiger partial charge in [-0.1, -0.05) is 0 Å². The molecule has 6 heteroatoms. The van der Waals surface area contributed by atoms with E-state index in [-0.39, 0.29) is 12.2 Å². The molecule has 0 spiro atoms. The van der Waals surface area contributed by atoms with E-state index in [1.54, 1.807) is 7.05 Å². The Bertz CT molecular complexity index is 316. The smallest absolute Gasteiger partial charge is 0.276 e. The number of amides is 1. The second-order valence-corrected chi connectivity index (χ2v) is 2.34. The van der Waals surface area contributed by atoms with Crippen LogP contribution in [0.4, 0.5) is 0 Å². The third kappa shape index (κ3) is 0.928. The minimum absolute atomic E-state index is 0.239. The molecule has 0 fully saturated rings. The lowest BCUT2D eigenvalue weighted by Crippen LogP contribution is -2.50. The van der Waals surface area contributed by atoms with Crippen molar-refractivity contribution in [2.24, 2.45) is 15.0 Å². The summed E-state index contributed by atoms with van der Waals surface area (Å²) in [5.74, 6) is 0.162. The Morgan fingerprint density at radius 2 is 2.50 bits per heavy atom. The van der Waals surface area contributed by atoms with Crippen LogP contribution in [0.2, 0.25) is 0 Å². The Morgan fingerprint density at radius 1 is 1.67 bits per heavy atom. The number of amidine groups is 1. The van der Waals surface area contributed by atoms with E-state index in [0.717, 1.165) is 0 Å². The summed E-state index contributed by atoms with van der Waals surface area (Å²) in [7, 11) is 1.70. The SMILES string of the molecule is CNC1N=C2N=CN=C2C(=O)N1. The van der Waals surface area contributed by atoms with Gasteiger partial charge in [0, 0.05) is 0 Å². The molecule has 1 amide bonds. The van der Waals surface area contributed by atoms with Crippen LogP contribution in [0, 0.1) is 0 Å².